The highest BCUT2D eigenvalue weighted by Gasteiger charge is 2.14. The van der Waals surface area contributed by atoms with E-state index < -0.39 is 0 Å². The number of nitrogens with one attached hydrogen (secondary N) is 2. The van der Waals surface area contributed by atoms with Gasteiger partial charge in [-0.2, -0.15) is 9.61 Å². The minimum atomic E-state index is -0.277. The average Bonchev–Trinajstić information content (AvgIpc) is 3.30. The molecule has 2 aromatic carbocycles. The molecule has 0 saturated carbocycles. The summed E-state index contributed by atoms with van der Waals surface area (Å²) >= 11 is 10.2. The van der Waals surface area contributed by atoms with Gasteiger partial charge in [0.05, 0.1) is 5.56 Å². The number of rotatable bonds is 4. The number of hydrogen-bond donors (Lipinski definition) is 2. The van der Waals surface area contributed by atoms with E-state index in [1.807, 2.05) is 44.2 Å². The van der Waals surface area contributed by atoms with Gasteiger partial charge in [-0.05, 0) is 71.0 Å². The first-order valence-corrected chi connectivity index (χ1v) is 11.2. The fraction of sp³-hybridized carbons (Fsp3) is 0.150. The van der Waals surface area contributed by atoms with Crippen LogP contribution in [-0.2, 0) is 6.42 Å². The van der Waals surface area contributed by atoms with E-state index in [0.29, 0.717) is 10.0 Å². The maximum atomic E-state index is 12.4. The lowest BCUT2D eigenvalue weighted by Crippen LogP contribution is -2.34. The van der Waals surface area contributed by atoms with Crippen molar-refractivity contribution in [2.45, 2.75) is 20.3 Å². The second-order valence-corrected chi connectivity index (χ2v) is 8.71. The van der Waals surface area contributed by atoms with Crippen LogP contribution in [0.4, 0.5) is 5.69 Å². The van der Waals surface area contributed by atoms with Crippen molar-refractivity contribution in [2.24, 2.45) is 0 Å². The quantitative estimate of drug-likeness (QED) is 0.398. The number of carbonyl (C=O) groups is 1. The van der Waals surface area contributed by atoms with Gasteiger partial charge in [0, 0.05) is 22.1 Å². The van der Waals surface area contributed by atoms with Crippen molar-refractivity contribution in [1.82, 2.24) is 25.1 Å². The molecular formula is C20H17BrN6OS2. The maximum absolute atomic E-state index is 12.4. The highest BCUT2D eigenvalue weighted by atomic mass is 79.9. The highest BCUT2D eigenvalue weighted by Crippen LogP contribution is 2.28. The van der Waals surface area contributed by atoms with E-state index in [1.54, 1.807) is 16.6 Å². The Labute approximate surface area is 190 Å². The molecule has 30 heavy (non-hydrogen) atoms. The summed E-state index contributed by atoms with van der Waals surface area (Å²) in [5, 5.41) is 19.8. The average molecular weight is 501 g/mol. The molecule has 152 valence electrons. The number of anilines is 1. The monoisotopic (exact) mass is 500 g/mol. The molecule has 1 amide bonds. The van der Waals surface area contributed by atoms with Crippen molar-refractivity contribution in [3.05, 3.63) is 63.9 Å². The largest absolute Gasteiger partial charge is 0.332 e. The Morgan fingerprint density at radius 2 is 2.03 bits per heavy atom. The van der Waals surface area contributed by atoms with Crippen LogP contribution in [0.1, 0.15) is 28.7 Å². The van der Waals surface area contributed by atoms with Crippen molar-refractivity contribution in [3.8, 4) is 10.6 Å². The third-order valence-electron chi connectivity index (χ3n) is 4.44. The lowest BCUT2D eigenvalue weighted by Gasteiger charge is -2.13. The van der Waals surface area contributed by atoms with E-state index in [4.69, 9.17) is 12.2 Å². The molecule has 4 rings (SSSR count). The summed E-state index contributed by atoms with van der Waals surface area (Å²) in [6, 6.07) is 13.1. The SMILES string of the molecule is CCc1nnc2sc(-c3ccc(NC(=S)NC(=O)c4ccccc4Br)c(C)c3)nn12. The van der Waals surface area contributed by atoms with Gasteiger partial charge in [-0.25, -0.2) is 0 Å². The topological polar surface area (TPSA) is 84.2 Å². The number of carbonyl (C=O) groups excluding carboxylic acids is 1. The number of halogens is 1. The van der Waals surface area contributed by atoms with Crippen LogP contribution < -0.4 is 10.6 Å². The fourth-order valence-corrected chi connectivity index (χ4v) is 4.42. The highest BCUT2D eigenvalue weighted by molar-refractivity contribution is 9.10. The van der Waals surface area contributed by atoms with Crippen molar-refractivity contribution < 1.29 is 4.79 Å². The van der Waals surface area contributed by atoms with Gasteiger partial charge >= 0.3 is 0 Å². The first kappa shape index (κ1) is 20.6. The van der Waals surface area contributed by atoms with E-state index in [-0.39, 0.29) is 11.0 Å². The summed E-state index contributed by atoms with van der Waals surface area (Å²) in [6.45, 7) is 4.00. The third-order valence-corrected chi connectivity index (χ3v) is 6.28. The van der Waals surface area contributed by atoms with E-state index >= 15 is 0 Å². The van der Waals surface area contributed by atoms with Gasteiger partial charge < -0.3 is 5.32 Å². The van der Waals surface area contributed by atoms with E-state index in [0.717, 1.165) is 39.0 Å². The molecule has 10 heteroatoms. The summed E-state index contributed by atoms with van der Waals surface area (Å²) in [4.78, 5) is 13.2. The Morgan fingerprint density at radius 3 is 2.77 bits per heavy atom. The number of benzene rings is 2. The number of fused-ring (bicyclic) bond motifs is 1. The number of nitrogens with zero attached hydrogens (tertiary/aromatic N) is 4. The van der Waals surface area contributed by atoms with Crippen LogP contribution >= 0.6 is 39.5 Å². The number of amides is 1. The Kier molecular flexibility index (Phi) is 5.89. The second kappa shape index (κ2) is 8.58. The first-order chi connectivity index (χ1) is 14.5. The molecule has 4 aromatic rings. The Hall–Kier alpha value is -2.69. The molecule has 0 saturated heterocycles. The number of hydrogen-bond acceptors (Lipinski definition) is 6. The number of aryl methyl sites for hydroxylation is 2. The van der Waals surface area contributed by atoms with Gasteiger partial charge in [0.25, 0.3) is 5.91 Å². The Morgan fingerprint density at radius 1 is 1.23 bits per heavy atom. The molecule has 0 radical (unpaired) electrons. The summed E-state index contributed by atoms with van der Waals surface area (Å²) in [7, 11) is 0. The Balaban J connectivity index is 1.49. The first-order valence-electron chi connectivity index (χ1n) is 9.15. The second-order valence-electron chi connectivity index (χ2n) is 6.49. The summed E-state index contributed by atoms with van der Waals surface area (Å²) in [5.74, 6) is 0.564. The van der Waals surface area contributed by atoms with Crippen molar-refractivity contribution in [2.75, 3.05) is 5.32 Å². The molecular weight excluding hydrogens is 484 g/mol. The van der Waals surface area contributed by atoms with Crippen molar-refractivity contribution >= 4 is 61.2 Å². The molecule has 0 atom stereocenters. The molecule has 2 aromatic heterocycles. The zero-order chi connectivity index (χ0) is 21.3. The van der Waals surface area contributed by atoms with Crippen LogP contribution in [0.3, 0.4) is 0 Å². The Bertz CT molecular complexity index is 1270. The summed E-state index contributed by atoms with van der Waals surface area (Å²) in [5.41, 5.74) is 3.29. The third kappa shape index (κ3) is 4.11. The number of aromatic nitrogens is 4. The van der Waals surface area contributed by atoms with Crippen LogP contribution in [0.15, 0.2) is 46.9 Å². The maximum Gasteiger partial charge on any atom is 0.258 e. The predicted octanol–water partition coefficient (Wildman–Crippen LogP) is 4.61. The van der Waals surface area contributed by atoms with Gasteiger partial charge in [0.1, 0.15) is 5.01 Å². The standard InChI is InChI=1S/C20H17BrN6OS2/c1-3-16-24-25-20-27(16)26-18(30-20)12-8-9-15(11(2)10-12)22-19(29)23-17(28)13-6-4-5-7-14(13)21/h4-10H,3H2,1-2H3,(H2,22,23,28,29). The molecule has 0 aliphatic rings. The van der Waals surface area contributed by atoms with Crippen molar-refractivity contribution in [3.63, 3.8) is 0 Å². The van der Waals surface area contributed by atoms with Gasteiger partial charge in [0.2, 0.25) is 4.96 Å². The molecule has 7 nitrogen and oxygen atoms in total. The fourth-order valence-electron chi connectivity index (χ4n) is 2.90. The molecule has 0 bridgehead atoms. The molecule has 0 spiro atoms. The van der Waals surface area contributed by atoms with Gasteiger partial charge in [-0.3, -0.25) is 10.1 Å². The predicted molar refractivity (Wildman–Crippen MR) is 126 cm³/mol. The lowest BCUT2D eigenvalue weighted by molar-refractivity contribution is 0.0977. The zero-order valence-corrected chi connectivity index (χ0v) is 19.4. The zero-order valence-electron chi connectivity index (χ0n) is 16.1. The van der Waals surface area contributed by atoms with E-state index in [9.17, 15) is 4.79 Å². The molecule has 0 aliphatic heterocycles. The van der Waals surface area contributed by atoms with Crippen molar-refractivity contribution in [1.29, 1.82) is 0 Å². The molecule has 0 aliphatic carbocycles. The lowest BCUT2D eigenvalue weighted by atomic mass is 10.1. The van der Waals surface area contributed by atoms with Crippen LogP contribution in [0.2, 0.25) is 0 Å². The van der Waals surface area contributed by atoms with Crippen LogP contribution in [0, 0.1) is 6.92 Å². The van der Waals surface area contributed by atoms with Gasteiger partial charge in [-0.1, -0.05) is 30.4 Å². The molecule has 0 fully saturated rings. The molecule has 2 N–H and O–H groups in total. The van der Waals surface area contributed by atoms with E-state index in [2.05, 4.69) is 41.9 Å². The van der Waals surface area contributed by atoms with Crippen LogP contribution in [0.25, 0.3) is 15.5 Å². The number of thiocarbonyl (C=S) groups is 1. The minimum absolute atomic E-state index is 0.234. The minimum Gasteiger partial charge on any atom is -0.332 e. The summed E-state index contributed by atoms with van der Waals surface area (Å²) in [6.07, 6.45) is 0.773. The molecule has 2 heterocycles. The van der Waals surface area contributed by atoms with E-state index in [1.165, 1.54) is 11.3 Å². The van der Waals surface area contributed by atoms with Crippen LogP contribution in [-0.4, -0.2) is 30.8 Å². The smallest absolute Gasteiger partial charge is 0.258 e. The van der Waals surface area contributed by atoms with Gasteiger partial charge in [-0.15, -0.1) is 10.2 Å². The van der Waals surface area contributed by atoms with Crippen LogP contribution in [0.5, 0.6) is 0 Å². The van der Waals surface area contributed by atoms with Gasteiger partial charge in [0.15, 0.2) is 10.9 Å². The normalized spacial score (nSPS) is 10.9. The molecule has 0 unspecified atom stereocenters. The summed E-state index contributed by atoms with van der Waals surface area (Å²) < 4.78 is 2.50.